The summed E-state index contributed by atoms with van der Waals surface area (Å²) in [4.78, 5) is 15.9. The Morgan fingerprint density at radius 1 is 1.45 bits per heavy atom. The molecule has 2 aromatic rings. The first kappa shape index (κ1) is 13.1. The molecular formula is C14H19N3O3. The second-order valence-electron chi connectivity index (χ2n) is 5.29. The first-order chi connectivity index (χ1) is 9.63. The zero-order chi connectivity index (χ0) is 14.1. The van der Waals surface area contributed by atoms with E-state index in [-0.39, 0.29) is 6.10 Å². The van der Waals surface area contributed by atoms with E-state index in [2.05, 4.69) is 9.88 Å². The number of nitrogens with two attached hydrogens (primary N) is 1. The van der Waals surface area contributed by atoms with Crippen LogP contribution in [0.3, 0.4) is 0 Å². The van der Waals surface area contributed by atoms with Crippen LogP contribution >= 0.6 is 0 Å². The van der Waals surface area contributed by atoms with Crippen LogP contribution in [0.5, 0.6) is 0 Å². The van der Waals surface area contributed by atoms with Gasteiger partial charge in [-0.05, 0) is 25.3 Å². The molecule has 1 aromatic carbocycles. The average Bonchev–Trinajstić information content (AvgIpc) is 2.78. The molecule has 1 unspecified atom stereocenters. The Morgan fingerprint density at radius 2 is 2.30 bits per heavy atom. The third-order valence-corrected chi connectivity index (χ3v) is 3.73. The van der Waals surface area contributed by atoms with Crippen LogP contribution in [0.1, 0.15) is 19.3 Å². The van der Waals surface area contributed by atoms with Crippen LogP contribution in [0.15, 0.2) is 21.3 Å². The van der Waals surface area contributed by atoms with Crippen LogP contribution in [0, 0.1) is 0 Å². The lowest BCUT2D eigenvalue weighted by Gasteiger charge is -2.29. The highest BCUT2D eigenvalue weighted by molar-refractivity contribution is 5.85. The third kappa shape index (κ3) is 2.51. The molecule has 2 heterocycles. The van der Waals surface area contributed by atoms with E-state index in [9.17, 15) is 4.79 Å². The maximum atomic E-state index is 11.2. The van der Waals surface area contributed by atoms with E-state index in [1.807, 2.05) is 13.1 Å². The summed E-state index contributed by atoms with van der Waals surface area (Å²) in [6.45, 7) is 1.62. The molecule has 1 aromatic heterocycles. The first-order valence-electron chi connectivity index (χ1n) is 6.88. The van der Waals surface area contributed by atoms with Crippen LogP contribution in [-0.4, -0.2) is 31.3 Å². The number of aromatic amines is 1. The number of oxazole rings is 1. The van der Waals surface area contributed by atoms with Crippen molar-refractivity contribution in [2.45, 2.75) is 25.4 Å². The Morgan fingerprint density at radius 3 is 3.05 bits per heavy atom. The lowest BCUT2D eigenvalue weighted by atomic mass is 10.1. The summed E-state index contributed by atoms with van der Waals surface area (Å²) in [5.41, 5.74) is 8.67. The first-order valence-corrected chi connectivity index (χ1v) is 6.88. The van der Waals surface area contributed by atoms with Gasteiger partial charge in [0, 0.05) is 26.3 Å². The number of nitrogens with zero attached hydrogens (tertiary/aromatic N) is 1. The minimum Gasteiger partial charge on any atom is -0.408 e. The summed E-state index contributed by atoms with van der Waals surface area (Å²) in [5, 5.41) is 0. The Bertz CT molecular complexity index is 655. The van der Waals surface area contributed by atoms with E-state index in [1.165, 1.54) is 6.42 Å². The Kier molecular flexibility index (Phi) is 3.40. The molecule has 1 aliphatic heterocycles. The van der Waals surface area contributed by atoms with Gasteiger partial charge in [-0.2, -0.15) is 0 Å². The molecule has 6 nitrogen and oxygen atoms in total. The van der Waals surface area contributed by atoms with Crippen LogP contribution in [0.4, 0.5) is 11.4 Å². The molecular weight excluding hydrogens is 258 g/mol. The van der Waals surface area contributed by atoms with Gasteiger partial charge in [0.15, 0.2) is 5.58 Å². The van der Waals surface area contributed by atoms with E-state index in [0.29, 0.717) is 16.8 Å². The van der Waals surface area contributed by atoms with Gasteiger partial charge < -0.3 is 19.8 Å². The van der Waals surface area contributed by atoms with Crippen molar-refractivity contribution in [1.82, 2.24) is 4.98 Å². The second kappa shape index (κ2) is 5.20. The Hall–Kier alpha value is -1.95. The van der Waals surface area contributed by atoms with Crippen molar-refractivity contribution in [3.63, 3.8) is 0 Å². The monoisotopic (exact) mass is 277 g/mol. The number of ether oxygens (including phenoxy) is 1. The van der Waals surface area contributed by atoms with Crippen LogP contribution < -0.4 is 16.4 Å². The second-order valence-corrected chi connectivity index (χ2v) is 5.29. The lowest BCUT2D eigenvalue weighted by Crippen LogP contribution is -2.33. The van der Waals surface area contributed by atoms with Crippen molar-refractivity contribution in [2.75, 3.05) is 30.8 Å². The number of fused-ring (bicyclic) bond motifs is 1. The Labute approximate surface area is 116 Å². The molecule has 0 aliphatic carbocycles. The number of nitrogen functional groups attached to an aromatic ring is 1. The molecule has 0 radical (unpaired) electrons. The number of benzene rings is 1. The smallest absolute Gasteiger partial charge is 0.408 e. The van der Waals surface area contributed by atoms with Crippen molar-refractivity contribution < 1.29 is 9.15 Å². The zero-order valence-electron chi connectivity index (χ0n) is 11.5. The molecule has 1 fully saturated rings. The highest BCUT2D eigenvalue weighted by Crippen LogP contribution is 2.28. The van der Waals surface area contributed by atoms with Gasteiger partial charge in [0.2, 0.25) is 0 Å². The minimum absolute atomic E-state index is 0.243. The predicted octanol–water partition coefficient (Wildman–Crippen LogP) is 1.71. The number of hydrogen-bond acceptors (Lipinski definition) is 5. The standard InChI is InChI=1S/C14H19N3O3/c1-17(8-9-4-2-3-5-19-9)12-7-11-13(6-10(12)15)20-14(18)16-11/h6-7,9H,2-5,8,15H2,1H3,(H,16,18). The number of nitrogens with one attached hydrogen (secondary N) is 1. The molecule has 1 atom stereocenters. The molecule has 6 heteroatoms. The lowest BCUT2D eigenvalue weighted by molar-refractivity contribution is 0.0216. The molecule has 108 valence electrons. The number of rotatable bonds is 3. The molecule has 0 bridgehead atoms. The van der Waals surface area contributed by atoms with Crippen LogP contribution in [0.25, 0.3) is 11.1 Å². The average molecular weight is 277 g/mol. The highest BCUT2D eigenvalue weighted by atomic mass is 16.5. The van der Waals surface area contributed by atoms with Crippen LogP contribution in [0.2, 0.25) is 0 Å². The van der Waals surface area contributed by atoms with Gasteiger partial charge in [-0.1, -0.05) is 0 Å². The fraction of sp³-hybridized carbons (Fsp3) is 0.500. The predicted molar refractivity (Wildman–Crippen MR) is 78.1 cm³/mol. The molecule has 1 saturated heterocycles. The number of H-pyrrole nitrogens is 1. The maximum absolute atomic E-state index is 11.2. The third-order valence-electron chi connectivity index (χ3n) is 3.73. The SMILES string of the molecule is CN(CC1CCCCO1)c1cc2[nH]c(=O)oc2cc1N. The van der Waals surface area contributed by atoms with Gasteiger partial charge >= 0.3 is 5.76 Å². The fourth-order valence-corrected chi connectivity index (χ4v) is 2.69. The van der Waals surface area contributed by atoms with E-state index in [1.54, 1.807) is 6.07 Å². The van der Waals surface area contributed by atoms with E-state index in [4.69, 9.17) is 14.9 Å². The van der Waals surface area contributed by atoms with Crippen molar-refractivity contribution in [3.8, 4) is 0 Å². The summed E-state index contributed by atoms with van der Waals surface area (Å²) in [6, 6.07) is 3.53. The quantitative estimate of drug-likeness (QED) is 0.834. The van der Waals surface area contributed by atoms with Crippen molar-refractivity contribution >= 4 is 22.5 Å². The molecule has 20 heavy (non-hydrogen) atoms. The molecule has 3 rings (SSSR count). The van der Waals surface area contributed by atoms with E-state index < -0.39 is 5.76 Å². The maximum Gasteiger partial charge on any atom is 0.417 e. The van der Waals surface area contributed by atoms with E-state index >= 15 is 0 Å². The summed E-state index contributed by atoms with van der Waals surface area (Å²) in [5.74, 6) is -0.463. The van der Waals surface area contributed by atoms with Gasteiger partial charge in [0.05, 0.1) is 23.0 Å². The van der Waals surface area contributed by atoms with Crippen molar-refractivity contribution in [2.24, 2.45) is 0 Å². The highest BCUT2D eigenvalue weighted by Gasteiger charge is 2.18. The molecule has 0 saturated carbocycles. The molecule has 1 aliphatic rings. The van der Waals surface area contributed by atoms with Gasteiger partial charge in [0.25, 0.3) is 0 Å². The van der Waals surface area contributed by atoms with Gasteiger partial charge in [0.1, 0.15) is 0 Å². The molecule has 3 N–H and O–H groups in total. The fourth-order valence-electron chi connectivity index (χ4n) is 2.69. The van der Waals surface area contributed by atoms with Crippen LogP contribution in [-0.2, 0) is 4.74 Å². The van der Waals surface area contributed by atoms with Gasteiger partial charge in [-0.25, -0.2) is 4.79 Å². The van der Waals surface area contributed by atoms with Gasteiger partial charge in [-0.15, -0.1) is 0 Å². The largest absolute Gasteiger partial charge is 0.417 e. The number of aromatic nitrogens is 1. The number of anilines is 2. The zero-order valence-corrected chi connectivity index (χ0v) is 11.5. The van der Waals surface area contributed by atoms with E-state index in [0.717, 1.165) is 31.7 Å². The normalized spacial score (nSPS) is 19.4. The summed E-state index contributed by atoms with van der Waals surface area (Å²) in [6.07, 6.45) is 3.68. The molecule has 0 amide bonds. The summed E-state index contributed by atoms with van der Waals surface area (Å²) >= 11 is 0. The number of hydrogen-bond donors (Lipinski definition) is 2. The summed E-state index contributed by atoms with van der Waals surface area (Å²) in [7, 11) is 1.98. The topological polar surface area (TPSA) is 84.5 Å². The summed E-state index contributed by atoms with van der Waals surface area (Å²) < 4.78 is 10.7. The van der Waals surface area contributed by atoms with Crippen molar-refractivity contribution in [3.05, 3.63) is 22.7 Å². The van der Waals surface area contributed by atoms with Crippen molar-refractivity contribution in [1.29, 1.82) is 0 Å². The number of likely N-dealkylation sites (N-methyl/N-ethyl adjacent to an activating group) is 1. The van der Waals surface area contributed by atoms with Gasteiger partial charge in [-0.3, -0.25) is 4.98 Å². The Balaban J connectivity index is 1.84. The minimum atomic E-state index is -0.463. The molecule has 0 spiro atoms.